The number of rotatable bonds is 22. The minimum absolute atomic E-state index is 0.0508. The van der Waals surface area contributed by atoms with E-state index in [1.165, 1.54) is 6.92 Å². The zero-order valence-electron chi connectivity index (χ0n) is 31.4. The Morgan fingerprint density at radius 1 is 0.786 bits per heavy atom. The van der Waals surface area contributed by atoms with Crippen molar-refractivity contribution in [1.29, 1.82) is 0 Å². The quantitative estimate of drug-likeness (QED) is 0.0336. The summed E-state index contributed by atoms with van der Waals surface area (Å²) in [4.78, 5) is 93.5. The van der Waals surface area contributed by atoms with Crippen molar-refractivity contribution in [3.05, 3.63) is 40.2 Å². The minimum Gasteiger partial charge on any atom is -0.423 e. The number of carbonyl (C=O) groups excluding carboxylic acids is 6. The second kappa shape index (κ2) is 22.0. The van der Waals surface area contributed by atoms with Crippen LogP contribution >= 0.6 is 0 Å². The third-order valence-electron chi connectivity index (χ3n) is 8.19. The minimum atomic E-state index is -4.86. The van der Waals surface area contributed by atoms with Gasteiger partial charge in [-0.1, -0.05) is 13.8 Å². The number of primary amides is 1. The summed E-state index contributed by atoms with van der Waals surface area (Å²) in [5.41, 5.74) is 18.7. The van der Waals surface area contributed by atoms with Gasteiger partial charge in [0.1, 0.15) is 29.8 Å². The van der Waals surface area contributed by atoms with Gasteiger partial charge >= 0.3 is 11.8 Å². The predicted octanol–water partition coefficient (Wildman–Crippen LogP) is 0.204. The molecule has 1 aromatic carbocycles. The Bertz CT molecular complexity index is 1800. The molecule has 13 N–H and O–H groups in total. The van der Waals surface area contributed by atoms with Crippen molar-refractivity contribution in [3.63, 3.8) is 0 Å². The van der Waals surface area contributed by atoms with Gasteiger partial charge in [0.25, 0.3) is 0 Å². The summed E-state index contributed by atoms with van der Waals surface area (Å²) in [7, 11) is 0. The first-order valence-electron chi connectivity index (χ1n) is 17.9. The molecule has 0 saturated heterocycles. The standard InChI is InChI=1S/C35H51F3N10O8/c1-18(2)15-26(48-32(54)25(11-12-28(40)50)47-31(53)23(44-19(3)49)7-4-5-13-39)33(55)46-24(8-6-14-43-34(41)42)30(52)45-20-9-10-21-22(35(36,37)38)17-29(51)56-27(21)16-20/h9-10,16-18,23-26H,4-8,11-15,39H2,1-3H3,(H2,40,50)(H,44,49)(H,45,52)(H,46,55)(H,47,53)(H,48,54)(H4,41,42,43). The number of halogens is 3. The Morgan fingerprint density at radius 3 is 1.91 bits per heavy atom. The maximum atomic E-state index is 13.8. The smallest absolute Gasteiger partial charge is 0.417 e. The van der Waals surface area contributed by atoms with Gasteiger partial charge in [-0.25, -0.2) is 4.79 Å². The Labute approximate surface area is 320 Å². The van der Waals surface area contributed by atoms with E-state index in [9.17, 15) is 46.7 Å². The second-order valence-electron chi connectivity index (χ2n) is 13.5. The third kappa shape index (κ3) is 15.9. The molecule has 4 atom stereocenters. The summed E-state index contributed by atoms with van der Waals surface area (Å²) in [5, 5.41) is 12.3. The SMILES string of the molecule is CC(=O)NC(CCCCN)C(=O)NC(CCC(N)=O)C(=O)NC(CC(C)C)C(=O)NC(CCCN=C(N)N)C(=O)Nc1ccc2c(C(F)(F)F)cc(=O)oc2c1. The molecule has 310 valence electrons. The molecule has 18 nitrogen and oxygen atoms in total. The van der Waals surface area contributed by atoms with E-state index in [-0.39, 0.29) is 62.6 Å². The van der Waals surface area contributed by atoms with Crippen molar-refractivity contribution in [3.8, 4) is 0 Å². The lowest BCUT2D eigenvalue weighted by Crippen LogP contribution is -2.58. The zero-order chi connectivity index (χ0) is 42.2. The maximum absolute atomic E-state index is 13.8. The molecule has 2 rings (SSSR count). The molecule has 6 amide bonds. The first-order chi connectivity index (χ1) is 26.2. The molecule has 0 radical (unpaired) electrons. The highest BCUT2D eigenvalue weighted by atomic mass is 19.4. The van der Waals surface area contributed by atoms with Gasteiger partial charge in [0, 0.05) is 43.1 Å². The summed E-state index contributed by atoms with van der Waals surface area (Å²) in [5.74, 6) is -4.88. The summed E-state index contributed by atoms with van der Waals surface area (Å²) in [6.45, 7) is 5.16. The summed E-state index contributed by atoms with van der Waals surface area (Å²) in [6, 6.07) is -1.47. The van der Waals surface area contributed by atoms with Gasteiger partial charge in [-0.2, -0.15) is 13.2 Å². The van der Waals surface area contributed by atoms with Crippen molar-refractivity contribution < 1.29 is 46.4 Å². The number of alkyl halides is 3. The highest BCUT2D eigenvalue weighted by Gasteiger charge is 2.35. The van der Waals surface area contributed by atoms with Gasteiger partial charge in [0.2, 0.25) is 35.4 Å². The van der Waals surface area contributed by atoms with Crippen LogP contribution in [0.25, 0.3) is 11.0 Å². The molecule has 0 bridgehead atoms. The van der Waals surface area contributed by atoms with Crippen molar-refractivity contribution in [1.82, 2.24) is 21.3 Å². The van der Waals surface area contributed by atoms with Crippen LogP contribution in [-0.4, -0.2) is 78.7 Å². The van der Waals surface area contributed by atoms with Crippen LogP contribution in [0.5, 0.6) is 0 Å². The van der Waals surface area contributed by atoms with E-state index in [2.05, 4.69) is 31.6 Å². The summed E-state index contributed by atoms with van der Waals surface area (Å²) >= 11 is 0. The molecule has 0 aliphatic carbocycles. The number of nitrogens with one attached hydrogen (secondary N) is 5. The normalized spacial score (nSPS) is 13.5. The van der Waals surface area contributed by atoms with Crippen LogP contribution in [0.1, 0.15) is 77.7 Å². The number of amides is 6. The number of guanidine groups is 1. The van der Waals surface area contributed by atoms with E-state index >= 15 is 0 Å². The molecule has 21 heteroatoms. The van der Waals surface area contributed by atoms with E-state index in [1.54, 1.807) is 13.8 Å². The molecule has 1 aromatic heterocycles. The van der Waals surface area contributed by atoms with E-state index < -0.39 is 87.9 Å². The number of benzene rings is 1. The highest BCUT2D eigenvalue weighted by molar-refractivity contribution is 6.00. The number of unbranched alkanes of at least 4 members (excludes halogenated alkanes) is 1. The molecule has 2 aromatic rings. The van der Waals surface area contributed by atoms with Gasteiger partial charge in [-0.3, -0.25) is 33.8 Å². The fourth-order valence-corrected chi connectivity index (χ4v) is 5.56. The first-order valence-corrected chi connectivity index (χ1v) is 17.9. The number of fused-ring (bicyclic) bond motifs is 1. The number of carbonyl (C=O) groups is 6. The molecule has 0 saturated carbocycles. The maximum Gasteiger partial charge on any atom is 0.417 e. The molecule has 0 spiro atoms. The van der Waals surface area contributed by atoms with Gasteiger partial charge in [0.15, 0.2) is 5.96 Å². The van der Waals surface area contributed by atoms with E-state index in [0.29, 0.717) is 25.5 Å². The zero-order valence-corrected chi connectivity index (χ0v) is 31.4. The predicted molar refractivity (Wildman–Crippen MR) is 200 cm³/mol. The molecule has 0 aliphatic rings. The van der Waals surface area contributed by atoms with Crippen LogP contribution in [0.2, 0.25) is 0 Å². The average molecular weight is 797 g/mol. The third-order valence-corrected chi connectivity index (χ3v) is 8.19. The number of nitrogens with two attached hydrogens (primary N) is 4. The van der Waals surface area contributed by atoms with Crippen LogP contribution in [-0.2, 0) is 34.9 Å². The number of hydrogen-bond acceptors (Lipinski definition) is 10. The Hall–Kier alpha value is -5.73. The number of aliphatic imine (C=N–C) groups is 1. The molecule has 0 aliphatic heterocycles. The van der Waals surface area contributed by atoms with Gasteiger partial charge in [0.05, 0.1) is 5.56 Å². The molecule has 56 heavy (non-hydrogen) atoms. The Balaban J connectivity index is 2.38. The van der Waals surface area contributed by atoms with Crippen LogP contribution in [0, 0.1) is 5.92 Å². The number of anilines is 1. The fraction of sp³-hybridized carbons (Fsp3) is 0.543. The van der Waals surface area contributed by atoms with Crippen molar-refractivity contribution in [2.24, 2.45) is 33.8 Å². The Morgan fingerprint density at radius 2 is 1.36 bits per heavy atom. The topological polar surface area (TPSA) is 309 Å². The first kappa shape index (κ1) is 46.4. The lowest BCUT2D eigenvalue weighted by Gasteiger charge is -2.27. The lowest BCUT2D eigenvalue weighted by atomic mass is 10.0. The van der Waals surface area contributed by atoms with Crippen molar-refractivity contribution in [2.75, 3.05) is 18.4 Å². The number of nitrogens with zero attached hydrogens (tertiary/aromatic N) is 1. The highest BCUT2D eigenvalue weighted by Crippen LogP contribution is 2.34. The second-order valence-corrected chi connectivity index (χ2v) is 13.5. The molecular weight excluding hydrogens is 745 g/mol. The van der Waals surface area contributed by atoms with Crippen molar-refractivity contribution >= 4 is 58.1 Å². The van der Waals surface area contributed by atoms with Crippen LogP contribution < -0.4 is 55.1 Å². The lowest BCUT2D eigenvalue weighted by molar-refractivity contribution is -0.136. The summed E-state index contributed by atoms with van der Waals surface area (Å²) < 4.78 is 45.6. The van der Waals surface area contributed by atoms with Gasteiger partial charge < -0.3 is 53.9 Å². The largest absolute Gasteiger partial charge is 0.423 e. The fourth-order valence-electron chi connectivity index (χ4n) is 5.56. The number of hydrogen-bond donors (Lipinski definition) is 9. The molecule has 4 unspecified atom stereocenters. The average Bonchev–Trinajstić information content (AvgIpc) is 3.08. The molecule has 1 heterocycles. The van der Waals surface area contributed by atoms with Gasteiger partial charge in [-0.15, -0.1) is 0 Å². The Kier molecular flexibility index (Phi) is 18.2. The molecular formula is C35H51F3N10O8. The van der Waals surface area contributed by atoms with E-state index in [4.69, 9.17) is 27.4 Å². The van der Waals surface area contributed by atoms with Crippen molar-refractivity contribution in [2.45, 2.75) is 102 Å². The molecule has 0 fully saturated rings. The van der Waals surface area contributed by atoms with Crippen LogP contribution in [0.15, 0.2) is 38.5 Å². The van der Waals surface area contributed by atoms with Gasteiger partial charge in [-0.05, 0) is 69.5 Å². The van der Waals surface area contributed by atoms with E-state index in [0.717, 1.165) is 18.2 Å². The van der Waals surface area contributed by atoms with E-state index in [1.807, 2.05) is 0 Å². The monoisotopic (exact) mass is 796 g/mol. The summed E-state index contributed by atoms with van der Waals surface area (Å²) in [6.07, 6.45) is -3.99. The van der Waals surface area contributed by atoms with Crippen LogP contribution in [0.3, 0.4) is 0 Å². The van der Waals surface area contributed by atoms with Crippen LogP contribution in [0.4, 0.5) is 18.9 Å².